The third kappa shape index (κ3) is 4.85. The number of nitrogens with zero attached hydrogens (tertiary/aromatic N) is 2. The minimum absolute atomic E-state index is 0.0577. The van der Waals surface area contributed by atoms with Gasteiger partial charge in [-0.2, -0.15) is 0 Å². The molecule has 0 radical (unpaired) electrons. The number of fused-ring (bicyclic) bond motifs is 1. The zero-order valence-corrected chi connectivity index (χ0v) is 16.5. The van der Waals surface area contributed by atoms with Crippen molar-refractivity contribution in [2.24, 2.45) is 0 Å². The van der Waals surface area contributed by atoms with E-state index in [-0.39, 0.29) is 35.2 Å². The summed E-state index contributed by atoms with van der Waals surface area (Å²) >= 11 is 6.45. The van der Waals surface area contributed by atoms with Crippen molar-refractivity contribution in [1.29, 1.82) is 0 Å². The lowest BCUT2D eigenvalue weighted by molar-refractivity contribution is -0.0365. The largest absolute Gasteiger partial charge is 0.388 e. The van der Waals surface area contributed by atoms with Gasteiger partial charge in [-0.15, -0.1) is 0 Å². The zero-order valence-electron chi connectivity index (χ0n) is 15.8. The lowest BCUT2D eigenvalue weighted by Gasteiger charge is -2.16. The number of aliphatic hydroxyl groups excluding tert-OH is 1. The van der Waals surface area contributed by atoms with Crippen molar-refractivity contribution in [2.75, 3.05) is 25.6 Å². The van der Waals surface area contributed by atoms with Crippen LogP contribution in [-0.4, -0.2) is 54.7 Å². The molecule has 152 valence electrons. The molecule has 1 unspecified atom stereocenters. The number of imidazole rings is 1. The van der Waals surface area contributed by atoms with Crippen molar-refractivity contribution in [3.05, 3.63) is 53.2 Å². The summed E-state index contributed by atoms with van der Waals surface area (Å²) in [5.41, 5.74) is 3.82. The van der Waals surface area contributed by atoms with Crippen LogP contribution in [0.4, 0.5) is 15.8 Å². The van der Waals surface area contributed by atoms with E-state index < -0.39 is 17.8 Å². The highest BCUT2D eigenvalue weighted by molar-refractivity contribution is 6.37. The maximum Gasteiger partial charge on any atom is 0.278 e. The molecule has 0 aliphatic rings. The molecule has 3 N–H and O–H groups in total. The van der Waals surface area contributed by atoms with Gasteiger partial charge in [0.1, 0.15) is 31.4 Å². The number of ether oxygens (including phenoxy) is 1. The predicted octanol–water partition coefficient (Wildman–Crippen LogP) is 0.798. The number of anilines is 2. The van der Waals surface area contributed by atoms with Gasteiger partial charge in [0.05, 0.1) is 23.5 Å². The molecule has 0 fully saturated rings. The van der Waals surface area contributed by atoms with Crippen LogP contribution in [0.3, 0.4) is 0 Å². The Kier molecular flexibility index (Phi) is 6.70. The van der Waals surface area contributed by atoms with Crippen molar-refractivity contribution < 1.29 is 23.9 Å². The van der Waals surface area contributed by atoms with Crippen LogP contribution >= 0.6 is 11.6 Å². The van der Waals surface area contributed by atoms with Gasteiger partial charge >= 0.3 is 0 Å². The molecule has 1 aromatic carbocycles. The summed E-state index contributed by atoms with van der Waals surface area (Å²) in [7, 11) is 3.21. The van der Waals surface area contributed by atoms with Crippen LogP contribution in [0.2, 0.25) is 5.02 Å². The number of carbonyl (C=O) groups excluding carboxylic acids is 1. The standard InChI is InChI=1S/C18H19BClFN4O4/c1-28-8-11(26)9-29-24-18(27)12-7-25-5-4-22-17(25)15(20)16(12)23-14-3-2-10(19)6-13(14)21/h2-7,11,23,26H,8-9,19H2,1H3,(H,24,27). The van der Waals surface area contributed by atoms with Crippen molar-refractivity contribution in [1.82, 2.24) is 14.9 Å². The molecule has 0 aliphatic carbocycles. The molecule has 0 saturated carbocycles. The van der Waals surface area contributed by atoms with Gasteiger partial charge in [0, 0.05) is 25.7 Å². The highest BCUT2D eigenvalue weighted by Crippen LogP contribution is 2.33. The number of aliphatic hydroxyl groups is 1. The minimum atomic E-state index is -0.903. The third-order valence-corrected chi connectivity index (χ3v) is 4.41. The maximum atomic E-state index is 14.3. The third-order valence-electron chi connectivity index (χ3n) is 4.05. The van der Waals surface area contributed by atoms with E-state index in [1.54, 1.807) is 30.6 Å². The van der Waals surface area contributed by atoms with E-state index in [0.717, 1.165) is 5.46 Å². The average molecular weight is 421 g/mol. The number of rotatable bonds is 8. The number of benzene rings is 1. The van der Waals surface area contributed by atoms with Gasteiger partial charge in [-0.05, 0) is 12.1 Å². The molecule has 2 heterocycles. The Labute approximate surface area is 172 Å². The summed E-state index contributed by atoms with van der Waals surface area (Å²) in [6.45, 7) is -0.113. The van der Waals surface area contributed by atoms with Crippen LogP contribution in [0.1, 0.15) is 10.4 Å². The van der Waals surface area contributed by atoms with Crippen LogP contribution < -0.4 is 16.3 Å². The second-order valence-corrected chi connectivity index (χ2v) is 6.73. The Hall–Kier alpha value is -2.66. The average Bonchev–Trinajstić information content (AvgIpc) is 3.14. The number of hydrogen-bond acceptors (Lipinski definition) is 6. The monoisotopic (exact) mass is 420 g/mol. The Balaban J connectivity index is 1.90. The van der Waals surface area contributed by atoms with Gasteiger partial charge in [-0.1, -0.05) is 23.1 Å². The van der Waals surface area contributed by atoms with Crippen LogP contribution in [0.5, 0.6) is 0 Å². The van der Waals surface area contributed by atoms with Crippen LogP contribution in [0, 0.1) is 5.82 Å². The first kappa shape index (κ1) is 21.1. The Bertz CT molecular complexity index is 1030. The van der Waals surface area contributed by atoms with E-state index >= 15 is 0 Å². The second-order valence-electron chi connectivity index (χ2n) is 6.35. The molecule has 0 aliphatic heterocycles. The summed E-state index contributed by atoms with van der Waals surface area (Å²) in [5.74, 6) is -1.13. The first-order chi connectivity index (χ1) is 13.9. The zero-order chi connectivity index (χ0) is 21.0. The highest BCUT2D eigenvalue weighted by Gasteiger charge is 2.20. The fourth-order valence-corrected chi connectivity index (χ4v) is 2.97. The summed E-state index contributed by atoms with van der Waals surface area (Å²) < 4.78 is 20.7. The van der Waals surface area contributed by atoms with E-state index in [1.165, 1.54) is 25.6 Å². The Morgan fingerprint density at radius 1 is 1.45 bits per heavy atom. The topological polar surface area (TPSA) is 97.1 Å². The number of methoxy groups -OCH3 is 1. The highest BCUT2D eigenvalue weighted by atomic mass is 35.5. The minimum Gasteiger partial charge on any atom is -0.388 e. The molecular formula is C18H19BClFN4O4. The number of amides is 1. The summed E-state index contributed by atoms with van der Waals surface area (Å²) in [6, 6.07) is 4.65. The molecule has 0 spiro atoms. The second kappa shape index (κ2) is 9.23. The Morgan fingerprint density at radius 3 is 2.97 bits per heavy atom. The predicted molar refractivity (Wildman–Crippen MR) is 109 cm³/mol. The molecule has 2 aromatic heterocycles. The normalized spacial score (nSPS) is 12.1. The number of halogens is 2. The molecule has 29 heavy (non-hydrogen) atoms. The SMILES string of the molecule is Bc1ccc(Nc2c(C(=O)NOCC(O)COC)cn3ccnc3c2Cl)c(F)c1. The summed E-state index contributed by atoms with van der Waals surface area (Å²) in [6.07, 6.45) is 3.74. The lowest BCUT2D eigenvalue weighted by Crippen LogP contribution is -2.30. The molecular weight excluding hydrogens is 401 g/mol. The lowest BCUT2D eigenvalue weighted by atomic mass is 9.96. The summed E-state index contributed by atoms with van der Waals surface area (Å²) in [5, 5.41) is 12.6. The van der Waals surface area contributed by atoms with Crippen molar-refractivity contribution >= 4 is 47.8 Å². The van der Waals surface area contributed by atoms with Crippen LogP contribution in [0.25, 0.3) is 5.65 Å². The van der Waals surface area contributed by atoms with E-state index in [4.69, 9.17) is 21.2 Å². The number of nitrogens with one attached hydrogen (secondary N) is 2. The fraction of sp³-hybridized carbons (Fsp3) is 0.222. The smallest absolute Gasteiger partial charge is 0.278 e. The van der Waals surface area contributed by atoms with Gasteiger partial charge in [0.2, 0.25) is 0 Å². The van der Waals surface area contributed by atoms with Gasteiger partial charge < -0.3 is 19.6 Å². The van der Waals surface area contributed by atoms with Gasteiger partial charge in [0.15, 0.2) is 5.65 Å². The van der Waals surface area contributed by atoms with E-state index in [2.05, 4.69) is 15.8 Å². The molecule has 0 bridgehead atoms. The molecule has 8 nitrogen and oxygen atoms in total. The molecule has 3 rings (SSSR count). The first-order valence-corrected chi connectivity index (χ1v) is 9.06. The van der Waals surface area contributed by atoms with Crippen molar-refractivity contribution in [3.63, 3.8) is 0 Å². The molecule has 1 amide bonds. The number of hydrogen-bond donors (Lipinski definition) is 3. The fourth-order valence-electron chi connectivity index (χ4n) is 2.67. The van der Waals surface area contributed by atoms with Crippen LogP contribution in [0.15, 0.2) is 36.8 Å². The van der Waals surface area contributed by atoms with Gasteiger partial charge in [0.25, 0.3) is 5.91 Å². The Morgan fingerprint density at radius 2 is 2.24 bits per heavy atom. The maximum absolute atomic E-state index is 14.3. The van der Waals surface area contributed by atoms with E-state index in [1.807, 2.05) is 0 Å². The first-order valence-electron chi connectivity index (χ1n) is 8.68. The van der Waals surface area contributed by atoms with Crippen LogP contribution in [-0.2, 0) is 9.57 Å². The van der Waals surface area contributed by atoms with Gasteiger partial charge in [-0.3, -0.25) is 9.63 Å². The van der Waals surface area contributed by atoms with Crippen molar-refractivity contribution in [2.45, 2.75) is 6.10 Å². The van der Waals surface area contributed by atoms with Gasteiger partial charge in [-0.25, -0.2) is 14.9 Å². The molecule has 3 aromatic rings. The molecule has 0 saturated heterocycles. The van der Waals surface area contributed by atoms with E-state index in [9.17, 15) is 14.3 Å². The number of carbonyl (C=O) groups is 1. The summed E-state index contributed by atoms with van der Waals surface area (Å²) in [4.78, 5) is 21.9. The number of pyridine rings is 1. The quantitative estimate of drug-likeness (QED) is 0.368. The molecule has 1 atom stereocenters. The number of aromatic nitrogens is 2. The molecule has 11 heteroatoms. The number of hydroxylamine groups is 1. The van der Waals surface area contributed by atoms with Crippen molar-refractivity contribution in [3.8, 4) is 0 Å². The van der Waals surface area contributed by atoms with E-state index in [0.29, 0.717) is 5.65 Å².